The van der Waals surface area contributed by atoms with Crippen LogP contribution in [0, 0.1) is 17.8 Å². The van der Waals surface area contributed by atoms with Crippen LogP contribution in [0.3, 0.4) is 0 Å². The van der Waals surface area contributed by atoms with E-state index in [9.17, 15) is 13.6 Å². The molecule has 0 heterocycles. The van der Waals surface area contributed by atoms with Crippen LogP contribution in [0.2, 0.25) is 0 Å². The monoisotopic (exact) mass is 281 g/mol. The van der Waals surface area contributed by atoms with Crippen molar-refractivity contribution in [2.45, 2.75) is 32.4 Å². The number of carbonyl (C=O) groups excluding carboxylic acids is 1. The van der Waals surface area contributed by atoms with Gasteiger partial charge in [0, 0.05) is 12.5 Å². The quantitative estimate of drug-likeness (QED) is 0.901. The van der Waals surface area contributed by atoms with E-state index in [-0.39, 0.29) is 17.6 Å². The number of halogens is 2. The second-order valence-corrected chi connectivity index (χ2v) is 5.66. The average molecular weight is 281 g/mol. The van der Waals surface area contributed by atoms with Crippen molar-refractivity contribution >= 4 is 5.91 Å². The van der Waals surface area contributed by atoms with Crippen molar-refractivity contribution in [2.24, 2.45) is 17.8 Å². The van der Waals surface area contributed by atoms with Crippen LogP contribution in [0.4, 0.5) is 8.78 Å². The Morgan fingerprint density at radius 2 is 1.85 bits per heavy atom. The molecule has 5 heteroatoms. The van der Waals surface area contributed by atoms with Crippen LogP contribution in [-0.4, -0.2) is 12.5 Å². The first kappa shape index (κ1) is 13.3. The van der Waals surface area contributed by atoms with Crippen LogP contribution in [-0.2, 0) is 11.3 Å². The normalized spacial score (nSPS) is 27.2. The summed E-state index contributed by atoms with van der Waals surface area (Å²) in [6, 6.07) is 6.34. The Kier molecular flexibility index (Phi) is 3.59. The van der Waals surface area contributed by atoms with E-state index in [4.69, 9.17) is 0 Å². The van der Waals surface area contributed by atoms with Gasteiger partial charge in [0.15, 0.2) is 0 Å². The van der Waals surface area contributed by atoms with Crippen molar-refractivity contribution in [3.05, 3.63) is 29.8 Å². The fourth-order valence-corrected chi connectivity index (χ4v) is 3.05. The third-order valence-corrected chi connectivity index (χ3v) is 4.23. The molecule has 2 atom stereocenters. The van der Waals surface area contributed by atoms with Gasteiger partial charge in [0.25, 0.3) is 0 Å². The summed E-state index contributed by atoms with van der Waals surface area (Å²) in [4.78, 5) is 12.0. The first-order chi connectivity index (χ1) is 9.61. The number of rotatable bonds is 5. The summed E-state index contributed by atoms with van der Waals surface area (Å²) >= 11 is 0. The molecule has 0 radical (unpaired) electrons. The second-order valence-electron chi connectivity index (χ2n) is 5.66. The number of hydrogen-bond acceptors (Lipinski definition) is 2. The molecule has 1 aromatic rings. The van der Waals surface area contributed by atoms with E-state index in [0.29, 0.717) is 6.54 Å². The van der Waals surface area contributed by atoms with E-state index >= 15 is 0 Å². The molecule has 1 N–H and O–H groups in total. The Bertz CT molecular complexity index is 479. The fraction of sp³-hybridized carbons (Fsp3) is 0.533. The number of benzene rings is 1. The van der Waals surface area contributed by atoms with Gasteiger partial charge < -0.3 is 10.1 Å². The van der Waals surface area contributed by atoms with Crippen molar-refractivity contribution in [2.75, 3.05) is 0 Å². The number of nitrogens with one attached hydrogen (secondary N) is 1. The summed E-state index contributed by atoms with van der Waals surface area (Å²) in [6.07, 6.45) is 3.35. The Morgan fingerprint density at radius 3 is 2.45 bits per heavy atom. The molecule has 2 aliphatic carbocycles. The van der Waals surface area contributed by atoms with Crippen molar-refractivity contribution < 1.29 is 18.3 Å². The largest absolute Gasteiger partial charge is 0.435 e. The molecule has 1 amide bonds. The molecule has 2 aliphatic rings. The van der Waals surface area contributed by atoms with Crippen LogP contribution in [0.15, 0.2) is 24.3 Å². The molecule has 2 saturated carbocycles. The second kappa shape index (κ2) is 5.38. The number of hydrogen-bond donors (Lipinski definition) is 1. The molecular weight excluding hydrogens is 264 g/mol. The molecule has 20 heavy (non-hydrogen) atoms. The Labute approximate surface area is 116 Å². The van der Waals surface area contributed by atoms with E-state index < -0.39 is 6.61 Å². The van der Waals surface area contributed by atoms with Crippen LogP contribution in [0.5, 0.6) is 5.75 Å². The maximum Gasteiger partial charge on any atom is 0.387 e. The first-order valence-electron chi connectivity index (χ1n) is 6.93. The van der Waals surface area contributed by atoms with E-state index in [2.05, 4.69) is 10.1 Å². The molecule has 0 bridgehead atoms. The zero-order valence-corrected chi connectivity index (χ0v) is 11.0. The topological polar surface area (TPSA) is 38.3 Å². The molecule has 2 fully saturated rings. The van der Waals surface area contributed by atoms with Crippen LogP contribution < -0.4 is 10.1 Å². The summed E-state index contributed by atoms with van der Waals surface area (Å²) in [7, 11) is 0. The summed E-state index contributed by atoms with van der Waals surface area (Å²) in [5.74, 6) is 1.99. The standard InChI is InChI=1S/C15H17F2NO2/c16-15(17)20-13-3-1-9(2-4-13)8-18-14(19)12-6-10-5-11(10)7-12/h1-4,10-12,15H,5-8H2,(H,18,19). The molecule has 3 nitrogen and oxygen atoms in total. The van der Waals surface area contributed by atoms with E-state index in [1.807, 2.05) is 0 Å². The van der Waals surface area contributed by atoms with Gasteiger partial charge in [-0.1, -0.05) is 12.1 Å². The van der Waals surface area contributed by atoms with Gasteiger partial charge in [-0.3, -0.25) is 4.79 Å². The van der Waals surface area contributed by atoms with Gasteiger partial charge in [0.2, 0.25) is 5.91 Å². The molecule has 2 unspecified atom stereocenters. The van der Waals surface area contributed by atoms with Gasteiger partial charge in [0.05, 0.1) is 0 Å². The zero-order valence-electron chi connectivity index (χ0n) is 11.0. The summed E-state index contributed by atoms with van der Waals surface area (Å²) in [5, 5.41) is 2.91. The zero-order chi connectivity index (χ0) is 14.1. The number of carbonyl (C=O) groups is 1. The summed E-state index contributed by atoms with van der Waals surface area (Å²) < 4.78 is 28.3. The van der Waals surface area contributed by atoms with Crippen LogP contribution in [0.25, 0.3) is 0 Å². The summed E-state index contributed by atoms with van der Waals surface area (Å²) in [6.45, 7) is -2.38. The Balaban J connectivity index is 1.46. The van der Waals surface area contributed by atoms with E-state index in [1.54, 1.807) is 12.1 Å². The summed E-state index contributed by atoms with van der Waals surface area (Å²) in [5.41, 5.74) is 0.878. The van der Waals surface area contributed by atoms with Gasteiger partial charge in [-0.15, -0.1) is 0 Å². The minimum absolute atomic E-state index is 0.116. The molecule has 0 aliphatic heterocycles. The van der Waals surface area contributed by atoms with Crippen LogP contribution in [0.1, 0.15) is 24.8 Å². The maximum absolute atomic E-state index is 12.0. The van der Waals surface area contributed by atoms with Gasteiger partial charge >= 0.3 is 6.61 Å². The van der Waals surface area contributed by atoms with E-state index in [1.165, 1.54) is 18.6 Å². The SMILES string of the molecule is O=C(NCc1ccc(OC(F)F)cc1)C1CC2CC2C1. The fourth-order valence-electron chi connectivity index (χ4n) is 3.05. The van der Waals surface area contributed by atoms with Crippen molar-refractivity contribution in [3.8, 4) is 5.75 Å². The molecule has 1 aromatic carbocycles. The minimum Gasteiger partial charge on any atom is -0.435 e. The molecule has 0 saturated heterocycles. The molecular formula is C15H17F2NO2. The molecule has 108 valence electrons. The minimum atomic E-state index is -2.81. The molecule has 0 aromatic heterocycles. The van der Waals surface area contributed by atoms with Crippen molar-refractivity contribution in [3.63, 3.8) is 0 Å². The van der Waals surface area contributed by atoms with Gasteiger partial charge in [-0.05, 0) is 48.8 Å². The third kappa shape index (κ3) is 3.08. The first-order valence-corrected chi connectivity index (χ1v) is 6.93. The van der Waals surface area contributed by atoms with Crippen LogP contribution >= 0.6 is 0 Å². The highest BCUT2D eigenvalue weighted by Gasteiger charge is 2.47. The predicted molar refractivity (Wildman–Crippen MR) is 69.2 cm³/mol. The highest BCUT2D eigenvalue weighted by Crippen LogP contribution is 2.54. The highest BCUT2D eigenvalue weighted by molar-refractivity contribution is 5.79. The van der Waals surface area contributed by atoms with Gasteiger partial charge in [0.1, 0.15) is 5.75 Å². The van der Waals surface area contributed by atoms with Crippen molar-refractivity contribution in [1.82, 2.24) is 5.32 Å². The molecule has 0 spiro atoms. The lowest BCUT2D eigenvalue weighted by molar-refractivity contribution is -0.125. The lowest BCUT2D eigenvalue weighted by Gasteiger charge is -2.12. The lowest BCUT2D eigenvalue weighted by Crippen LogP contribution is -2.29. The number of amides is 1. The molecule has 3 rings (SSSR count). The van der Waals surface area contributed by atoms with Gasteiger partial charge in [-0.25, -0.2) is 0 Å². The predicted octanol–water partition coefficient (Wildman–Crippen LogP) is 2.95. The van der Waals surface area contributed by atoms with E-state index in [0.717, 1.165) is 30.2 Å². The number of alkyl halides is 2. The third-order valence-electron chi connectivity index (χ3n) is 4.23. The lowest BCUT2D eigenvalue weighted by atomic mass is 10.0. The van der Waals surface area contributed by atoms with Crippen molar-refractivity contribution in [1.29, 1.82) is 0 Å². The Morgan fingerprint density at radius 1 is 1.20 bits per heavy atom. The van der Waals surface area contributed by atoms with Gasteiger partial charge in [-0.2, -0.15) is 8.78 Å². The maximum atomic E-state index is 12.0. The average Bonchev–Trinajstić information content (AvgIpc) is 3.03. The number of ether oxygens (including phenoxy) is 1. The number of fused-ring (bicyclic) bond motifs is 1. The highest BCUT2D eigenvalue weighted by atomic mass is 19.3. The Hall–Kier alpha value is -1.65. The smallest absolute Gasteiger partial charge is 0.387 e.